The molecule has 0 aliphatic carbocycles. The number of oxazole rings is 1. The van der Waals surface area contributed by atoms with Crippen molar-refractivity contribution in [2.75, 3.05) is 0 Å². The number of aromatic nitrogens is 3. The number of hydrogen-bond acceptors (Lipinski definition) is 6. The van der Waals surface area contributed by atoms with Crippen LogP contribution in [-0.2, 0) is 0 Å². The van der Waals surface area contributed by atoms with E-state index in [2.05, 4.69) is 15.2 Å². The zero-order chi connectivity index (χ0) is 13.4. The van der Waals surface area contributed by atoms with Crippen LogP contribution in [0.15, 0.2) is 32.3 Å². The molecule has 3 rings (SSSR count). The van der Waals surface area contributed by atoms with Crippen LogP contribution in [0.1, 0.15) is 24.0 Å². The maximum absolute atomic E-state index is 5.90. The van der Waals surface area contributed by atoms with Gasteiger partial charge in [-0.3, -0.25) is 0 Å². The van der Waals surface area contributed by atoms with E-state index in [9.17, 15) is 0 Å². The van der Waals surface area contributed by atoms with Crippen LogP contribution in [0.5, 0.6) is 0 Å². The van der Waals surface area contributed by atoms with Gasteiger partial charge in [0.2, 0.25) is 11.8 Å². The van der Waals surface area contributed by atoms with Gasteiger partial charge in [-0.2, -0.15) is 0 Å². The van der Waals surface area contributed by atoms with Crippen molar-refractivity contribution in [2.24, 2.45) is 0 Å². The number of halogens is 1. The van der Waals surface area contributed by atoms with E-state index in [1.165, 1.54) is 11.8 Å². The lowest BCUT2D eigenvalue weighted by atomic mass is 10.3. The molecule has 1 aromatic carbocycles. The van der Waals surface area contributed by atoms with Gasteiger partial charge in [0.15, 0.2) is 5.58 Å². The Hall–Kier alpha value is -1.53. The number of fused-ring (bicyclic) bond motifs is 1. The quantitative estimate of drug-likeness (QED) is 0.680. The summed E-state index contributed by atoms with van der Waals surface area (Å²) in [7, 11) is 0. The normalized spacial score (nSPS) is 13.0. The van der Waals surface area contributed by atoms with Crippen molar-refractivity contribution in [1.82, 2.24) is 15.2 Å². The first-order valence-electron chi connectivity index (χ1n) is 5.64. The molecule has 0 amide bonds. The van der Waals surface area contributed by atoms with Crippen molar-refractivity contribution in [1.29, 1.82) is 0 Å². The fourth-order valence-corrected chi connectivity index (χ4v) is 2.56. The minimum atomic E-state index is -0.0234. The second-order valence-corrected chi connectivity index (χ2v) is 5.74. The Morgan fingerprint density at radius 2 is 2.11 bits per heavy atom. The molecule has 0 aliphatic heterocycles. The number of nitrogens with zero attached hydrogens (tertiary/aromatic N) is 3. The lowest BCUT2D eigenvalue weighted by Gasteiger charge is -2.01. The van der Waals surface area contributed by atoms with Crippen LogP contribution in [0.25, 0.3) is 11.1 Å². The number of rotatable bonds is 3. The molecule has 98 valence electrons. The number of benzene rings is 1. The summed E-state index contributed by atoms with van der Waals surface area (Å²) in [6.07, 6.45) is 0. The molecule has 5 nitrogen and oxygen atoms in total. The summed E-state index contributed by atoms with van der Waals surface area (Å²) < 4.78 is 11.0. The summed E-state index contributed by atoms with van der Waals surface area (Å²) in [4.78, 5) is 4.37. The largest absolute Gasteiger partial charge is 0.431 e. The first kappa shape index (κ1) is 12.5. The van der Waals surface area contributed by atoms with Crippen molar-refractivity contribution >= 4 is 34.5 Å². The molecule has 2 heterocycles. The van der Waals surface area contributed by atoms with Crippen LogP contribution in [0.4, 0.5) is 0 Å². The maximum atomic E-state index is 5.90. The summed E-state index contributed by atoms with van der Waals surface area (Å²) in [6, 6.07) is 5.36. The Balaban J connectivity index is 1.85. The molecule has 0 saturated carbocycles. The van der Waals surface area contributed by atoms with Crippen LogP contribution < -0.4 is 0 Å². The smallest absolute Gasteiger partial charge is 0.257 e. The van der Waals surface area contributed by atoms with Gasteiger partial charge in [-0.25, -0.2) is 4.98 Å². The van der Waals surface area contributed by atoms with Gasteiger partial charge in [-0.15, -0.1) is 10.2 Å². The van der Waals surface area contributed by atoms with Crippen LogP contribution in [0.3, 0.4) is 0 Å². The van der Waals surface area contributed by atoms with Crippen molar-refractivity contribution in [3.05, 3.63) is 35.0 Å². The molecule has 0 radical (unpaired) electrons. The Bertz CT molecular complexity index is 725. The van der Waals surface area contributed by atoms with Crippen molar-refractivity contribution in [2.45, 2.75) is 24.3 Å². The fraction of sp³-hybridized carbons (Fsp3) is 0.250. The van der Waals surface area contributed by atoms with E-state index in [0.717, 1.165) is 5.52 Å². The highest BCUT2D eigenvalue weighted by atomic mass is 35.5. The summed E-state index contributed by atoms with van der Waals surface area (Å²) in [5, 5.41) is 8.95. The molecule has 0 saturated heterocycles. The summed E-state index contributed by atoms with van der Waals surface area (Å²) >= 11 is 7.33. The van der Waals surface area contributed by atoms with Gasteiger partial charge in [0.25, 0.3) is 5.22 Å². The first-order valence-corrected chi connectivity index (χ1v) is 6.90. The Labute approximate surface area is 118 Å². The molecule has 0 N–H and O–H groups in total. The molecule has 0 fully saturated rings. The molecule has 7 heteroatoms. The molecule has 0 aliphatic rings. The number of hydrogen-bond donors (Lipinski definition) is 0. The van der Waals surface area contributed by atoms with Crippen molar-refractivity contribution in [3.63, 3.8) is 0 Å². The minimum Gasteiger partial charge on any atom is -0.431 e. The average Bonchev–Trinajstić information content (AvgIpc) is 2.94. The zero-order valence-electron chi connectivity index (χ0n) is 10.3. The van der Waals surface area contributed by atoms with Gasteiger partial charge in [-0.05, 0) is 19.1 Å². The highest BCUT2D eigenvalue weighted by Gasteiger charge is 2.17. The number of aryl methyl sites for hydroxylation is 1. The average molecular weight is 296 g/mol. The first-order chi connectivity index (χ1) is 9.11. The predicted molar refractivity (Wildman–Crippen MR) is 72.3 cm³/mol. The maximum Gasteiger partial charge on any atom is 0.257 e. The van der Waals surface area contributed by atoms with Crippen LogP contribution in [0.2, 0.25) is 5.02 Å². The van der Waals surface area contributed by atoms with E-state index in [1.807, 2.05) is 13.0 Å². The predicted octanol–water partition coefficient (Wildman–Crippen LogP) is 4.03. The van der Waals surface area contributed by atoms with E-state index in [1.54, 1.807) is 19.1 Å². The minimum absolute atomic E-state index is 0.0234. The van der Waals surface area contributed by atoms with Crippen LogP contribution in [-0.4, -0.2) is 15.2 Å². The van der Waals surface area contributed by atoms with E-state index in [0.29, 0.717) is 27.6 Å². The second-order valence-electron chi connectivity index (χ2n) is 4.01. The third kappa shape index (κ3) is 2.59. The molecular formula is C12H10ClN3O2S. The van der Waals surface area contributed by atoms with Gasteiger partial charge in [-0.1, -0.05) is 23.4 Å². The molecule has 0 spiro atoms. The molecular weight excluding hydrogens is 286 g/mol. The van der Waals surface area contributed by atoms with Gasteiger partial charge < -0.3 is 8.83 Å². The third-order valence-corrected chi connectivity index (χ3v) is 3.66. The van der Waals surface area contributed by atoms with Crippen molar-refractivity contribution < 1.29 is 8.83 Å². The molecule has 0 bridgehead atoms. The van der Waals surface area contributed by atoms with Gasteiger partial charge in [0.05, 0.1) is 5.25 Å². The van der Waals surface area contributed by atoms with Crippen molar-refractivity contribution in [3.8, 4) is 0 Å². The van der Waals surface area contributed by atoms with E-state index in [-0.39, 0.29) is 5.25 Å². The van der Waals surface area contributed by atoms with Crippen LogP contribution >= 0.6 is 23.4 Å². The van der Waals surface area contributed by atoms with E-state index in [4.69, 9.17) is 20.4 Å². The highest BCUT2D eigenvalue weighted by molar-refractivity contribution is 7.99. The molecule has 1 atom stereocenters. The summed E-state index contributed by atoms with van der Waals surface area (Å²) in [5.74, 6) is 1.11. The highest BCUT2D eigenvalue weighted by Crippen LogP contribution is 2.35. The lowest BCUT2D eigenvalue weighted by Crippen LogP contribution is -1.88. The molecule has 1 unspecified atom stereocenters. The Kier molecular flexibility index (Phi) is 3.20. The standard InChI is InChI=1S/C12H10ClN3O2S/c1-6(11-16-15-7(2)17-11)19-12-14-9-4-3-8(13)5-10(9)18-12/h3-6H,1-2H3. The van der Waals surface area contributed by atoms with Gasteiger partial charge in [0.1, 0.15) is 5.52 Å². The van der Waals surface area contributed by atoms with Crippen LogP contribution in [0, 0.1) is 6.92 Å². The van der Waals surface area contributed by atoms with E-state index < -0.39 is 0 Å². The lowest BCUT2D eigenvalue weighted by molar-refractivity contribution is 0.463. The summed E-state index contributed by atoms with van der Waals surface area (Å²) in [6.45, 7) is 3.72. The monoisotopic (exact) mass is 295 g/mol. The SMILES string of the molecule is Cc1nnc(C(C)Sc2nc3ccc(Cl)cc3o2)o1. The third-order valence-electron chi connectivity index (χ3n) is 2.50. The summed E-state index contributed by atoms with van der Waals surface area (Å²) in [5.41, 5.74) is 1.45. The second kappa shape index (κ2) is 4.86. The molecule has 19 heavy (non-hydrogen) atoms. The zero-order valence-corrected chi connectivity index (χ0v) is 11.8. The Morgan fingerprint density at radius 1 is 1.26 bits per heavy atom. The number of thioether (sulfide) groups is 1. The fourth-order valence-electron chi connectivity index (χ4n) is 1.61. The molecule has 2 aromatic heterocycles. The topological polar surface area (TPSA) is 65.0 Å². The van der Waals surface area contributed by atoms with Gasteiger partial charge in [0, 0.05) is 18.0 Å². The molecule has 3 aromatic rings. The Morgan fingerprint density at radius 3 is 2.84 bits per heavy atom. The van der Waals surface area contributed by atoms with E-state index >= 15 is 0 Å². The van der Waals surface area contributed by atoms with Gasteiger partial charge >= 0.3 is 0 Å².